The van der Waals surface area contributed by atoms with Gasteiger partial charge in [-0.3, -0.25) is 0 Å². The van der Waals surface area contributed by atoms with Crippen molar-refractivity contribution in [1.29, 1.82) is 0 Å². The van der Waals surface area contributed by atoms with Gasteiger partial charge in [0.25, 0.3) is 0 Å². The summed E-state index contributed by atoms with van der Waals surface area (Å²) in [5.41, 5.74) is 0.656. The van der Waals surface area contributed by atoms with Gasteiger partial charge in [-0.05, 0) is 41.9 Å². The number of rotatable bonds is 0. The van der Waals surface area contributed by atoms with Crippen molar-refractivity contribution in [3.8, 4) is 0 Å². The average molecular weight is 182 g/mol. The van der Waals surface area contributed by atoms with Crippen molar-refractivity contribution in [3.63, 3.8) is 0 Å². The monoisotopic (exact) mass is 182 g/mol. The summed E-state index contributed by atoms with van der Waals surface area (Å²) in [4.78, 5) is 0. The Bertz CT molecular complexity index is 221. The van der Waals surface area contributed by atoms with Crippen LogP contribution in [0.4, 0.5) is 0 Å². The molecule has 0 heterocycles. The molecule has 0 radical (unpaired) electrons. The molecule has 3 unspecified atom stereocenters. The number of fused-ring (bicyclic) bond motifs is 3. The van der Waals surface area contributed by atoms with Gasteiger partial charge in [0.1, 0.15) is 0 Å². The van der Waals surface area contributed by atoms with E-state index < -0.39 is 0 Å². The number of hydrogen-bond acceptors (Lipinski definition) is 1. The lowest BCUT2D eigenvalue weighted by Crippen LogP contribution is -2.56. The van der Waals surface area contributed by atoms with Crippen LogP contribution in [0.2, 0.25) is 0 Å². The van der Waals surface area contributed by atoms with Crippen molar-refractivity contribution in [2.24, 2.45) is 22.7 Å². The second-order valence-electron chi connectivity index (χ2n) is 6.27. The Kier molecular flexibility index (Phi) is 1.83. The number of hydrogen-bond donors (Lipinski definition) is 1. The highest BCUT2D eigenvalue weighted by Gasteiger charge is 2.55. The first-order valence-electron chi connectivity index (χ1n) is 5.55. The van der Waals surface area contributed by atoms with Crippen molar-refractivity contribution in [2.45, 2.75) is 53.1 Å². The minimum absolute atomic E-state index is 0.0562. The van der Waals surface area contributed by atoms with Gasteiger partial charge >= 0.3 is 0 Å². The standard InChI is InChI=1S/C12H22O/c1-8-9-5-6-12(4,10(8)13)7-11(9,2)3/h8-10,13H,5-7H2,1-4H3/t8?,9?,10?,12-/m0/s1. The minimum Gasteiger partial charge on any atom is -0.392 e. The summed E-state index contributed by atoms with van der Waals surface area (Å²) >= 11 is 0. The van der Waals surface area contributed by atoms with E-state index in [1.165, 1.54) is 19.3 Å². The highest BCUT2D eigenvalue weighted by Crippen LogP contribution is 2.60. The Morgan fingerprint density at radius 3 is 2.31 bits per heavy atom. The van der Waals surface area contributed by atoms with Crippen LogP contribution < -0.4 is 0 Å². The van der Waals surface area contributed by atoms with Gasteiger partial charge < -0.3 is 5.11 Å². The molecule has 1 heteroatoms. The SMILES string of the molecule is CC1C2CC[C@@](C)(CC2(C)C)C1O. The fourth-order valence-electron chi connectivity index (χ4n) is 4.22. The van der Waals surface area contributed by atoms with Gasteiger partial charge in [0, 0.05) is 0 Å². The van der Waals surface area contributed by atoms with E-state index in [-0.39, 0.29) is 11.5 Å². The Hall–Kier alpha value is -0.0400. The second-order valence-corrected chi connectivity index (χ2v) is 6.27. The molecule has 1 N–H and O–H groups in total. The molecule has 1 nitrogen and oxygen atoms in total. The summed E-state index contributed by atoms with van der Waals surface area (Å²) in [6, 6.07) is 0. The van der Waals surface area contributed by atoms with Crippen LogP contribution in [0, 0.1) is 22.7 Å². The Balaban J connectivity index is 2.34. The van der Waals surface area contributed by atoms with E-state index in [0.717, 1.165) is 5.92 Å². The largest absolute Gasteiger partial charge is 0.392 e. The lowest BCUT2D eigenvalue weighted by atomic mass is 9.47. The van der Waals surface area contributed by atoms with E-state index in [0.29, 0.717) is 11.3 Å². The first-order valence-corrected chi connectivity index (χ1v) is 5.55. The fraction of sp³-hybridized carbons (Fsp3) is 1.00. The Morgan fingerprint density at radius 1 is 1.23 bits per heavy atom. The molecule has 0 spiro atoms. The summed E-state index contributed by atoms with van der Waals surface area (Å²) in [6.45, 7) is 9.24. The molecule has 13 heavy (non-hydrogen) atoms. The van der Waals surface area contributed by atoms with Gasteiger partial charge in [-0.2, -0.15) is 0 Å². The molecule has 3 fully saturated rings. The van der Waals surface area contributed by atoms with Crippen LogP contribution in [0.3, 0.4) is 0 Å². The van der Waals surface area contributed by atoms with Gasteiger partial charge in [0.05, 0.1) is 6.10 Å². The summed E-state index contributed by atoms with van der Waals surface area (Å²) in [7, 11) is 0. The zero-order valence-corrected chi connectivity index (χ0v) is 9.30. The van der Waals surface area contributed by atoms with Crippen molar-refractivity contribution in [3.05, 3.63) is 0 Å². The van der Waals surface area contributed by atoms with Crippen LogP contribution in [0.1, 0.15) is 47.0 Å². The summed E-state index contributed by atoms with van der Waals surface area (Å²) in [5, 5.41) is 10.2. The summed E-state index contributed by atoms with van der Waals surface area (Å²) < 4.78 is 0. The van der Waals surface area contributed by atoms with Crippen LogP contribution in [0.15, 0.2) is 0 Å². The first kappa shape index (κ1) is 9.51. The molecule has 0 aliphatic heterocycles. The molecule has 0 aromatic carbocycles. The smallest absolute Gasteiger partial charge is 0.0622 e. The van der Waals surface area contributed by atoms with Crippen LogP contribution in [-0.2, 0) is 0 Å². The van der Waals surface area contributed by atoms with E-state index in [1.54, 1.807) is 0 Å². The lowest BCUT2D eigenvalue weighted by molar-refractivity contribution is -0.160. The summed E-state index contributed by atoms with van der Waals surface area (Å²) in [5.74, 6) is 1.24. The molecular weight excluding hydrogens is 160 g/mol. The van der Waals surface area contributed by atoms with Crippen molar-refractivity contribution >= 4 is 0 Å². The van der Waals surface area contributed by atoms with E-state index in [9.17, 15) is 5.11 Å². The van der Waals surface area contributed by atoms with Gasteiger partial charge in [-0.25, -0.2) is 0 Å². The third kappa shape index (κ3) is 1.16. The molecule has 3 rings (SSSR count). The van der Waals surface area contributed by atoms with Gasteiger partial charge in [-0.1, -0.05) is 27.7 Å². The third-order valence-electron chi connectivity index (χ3n) is 4.74. The van der Waals surface area contributed by atoms with Crippen molar-refractivity contribution < 1.29 is 5.11 Å². The Labute approximate surface area is 81.5 Å². The summed E-state index contributed by atoms with van der Waals surface area (Å²) in [6.07, 6.45) is 3.70. The second kappa shape index (κ2) is 2.50. The third-order valence-corrected chi connectivity index (χ3v) is 4.74. The van der Waals surface area contributed by atoms with Gasteiger partial charge in [0.2, 0.25) is 0 Å². The topological polar surface area (TPSA) is 20.2 Å². The maximum absolute atomic E-state index is 10.2. The van der Waals surface area contributed by atoms with E-state index in [1.807, 2.05) is 0 Å². The van der Waals surface area contributed by atoms with Crippen molar-refractivity contribution in [2.75, 3.05) is 0 Å². The normalized spacial score (nSPS) is 53.8. The number of aliphatic hydroxyl groups is 1. The molecule has 0 aromatic heterocycles. The molecule has 76 valence electrons. The molecular formula is C12H22O. The lowest BCUT2D eigenvalue weighted by Gasteiger charge is -2.59. The zero-order chi connectivity index (χ0) is 9.85. The maximum Gasteiger partial charge on any atom is 0.0622 e. The fourth-order valence-corrected chi connectivity index (χ4v) is 4.22. The van der Waals surface area contributed by atoms with Crippen LogP contribution in [-0.4, -0.2) is 11.2 Å². The first-order chi connectivity index (χ1) is 5.87. The van der Waals surface area contributed by atoms with E-state index in [4.69, 9.17) is 0 Å². The predicted molar refractivity (Wildman–Crippen MR) is 54.4 cm³/mol. The van der Waals surface area contributed by atoms with Gasteiger partial charge in [-0.15, -0.1) is 0 Å². The molecule has 3 aliphatic carbocycles. The molecule has 0 saturated heterocycles. The maximum atomic E-state index is 10.2. The highest BCUT2D eigenvalue weighted by molar-refractivity contribution is 5.05. The van der Waals surface area contributed by atoms with Crippen LogP contribution in [0.25, 0.3) is 0 Å². The molecule has 2 bridgehead atoms. The average Bonchev–Trinajstić information content (AvgIpc) is 1.97. The Morgan fingerprint density at radius 2 is 1.85 bits per heavy atom. The zero-order valence-electron chi connectivity index (χ0n) is 9.30. The molecule has 0 amide bonds. The van der Waals surface area contributed by atoms with E-state index in [2.05, 4.69) is 27.7 Å². The van der Waals surface area contributed by atoms with E-state index >= 15 is 0 Å². The van der Waals surface area contributed by atoms with Crippen LogP contribution >= 0.6 is 0 Å². The number of aliphatic hydroxyl groups excluding tert-OH is 1. The van der Waals surface area contributed by atoms with Crippen molar-refractivity contribution in [1.82, 2.24) is 0 Å². The molecule has 4 atom stereocenters. The highest BCUT2D eigenvalue weighted by atomic mass is 16.3. The minimum atomic E-state index is -0.0562. The quantitative estimate of drug-likeness (QED) is 0.611. The molecule has 3 aliphatic rings. The molecule has 0 aromatic rings. The predicted octanol–water partition coefficient (Wildman–Crippen LogP) is 2.83. The van der Waals surface area contributed by atoms with Crippen LogP contribution in [0.5, 0.6) is 0 Å². The van der Waals surface area contributed by atoms with Gasteiger partial charge in [0.15, 0.2) is 0 Å². The molecule has 3 saturated carbocycles.